The van der Waals surface area contributed by atoms with Crippen molar-refractivity contribution in [2.24, 2.45) is 7.05 Å². The molecule has 0 saturated carbocycles. The van der Waals surface area contributed by atoms with Crippen molar-refractivity contribution < 1.29 is 9.53 Å². The summed E-state index contributed by atoms with van der Waals surface area (Å²) in [7, 11) is 1.75. The van der Waals surface area contributed by atoms with Crippen LogP contribution in [0.25, 0.3) is 0 Å². The smallest absolute Gasteiger partial charge is 0.378 e. The number of hydrogen-bond acceptors (Lipinski definition) is 7. The summed E-state index contributed by atoms with van der Waals surface area (Å²) < 4.78 is 7.71. The van der Waals surface area contributed by atoms with Gasteiger partial charge in [-0.2, -0.15) is 0 Å². The highest BCUT2D eigenvalue weighted by molar-refractivity contribution is 5.85. The summed E-state index contributed by atoms with van der Waals surface area (Å²) >= 11 is 0. The van der Waals surface area contributed by atoms with Crippen molar-refractivity contribution in [3.05, 3.63) is 17.7 Å². The highest BCUT2D eigenvalue weighted by atomic mass is 16.5. The summed E-state index contributed by atoms with van der Waals surface area (Å²) in [6.45, 7) is 2.26. The predicted molar refractivity (Wildman–Crippen MR) is 53.9 cm³/mol. The molecule has 0 saturated heterocycles. The Morgan fingerprint density at radius 1 is 1.41 bits per heavy atom. The fourth-order valence-electron chi connectivity index (χ4n) is 1.27. The number of rotatable bonds is 4. The van der Waals surface area contributed by atoms with E-state index in [0.717, 1.165) is 0 Å². The number of hydrogen-bond donors (Lipinski definition) is 0. The highest BCUT2D eigenvalue weighted by Crippen LogP contribution is 2.00. The molecule has 2 rings (SSSR count). The van der Waals surface area contributed by atoms with Gasteiger partial charge in [-0.05, 0) is 17.4 Å². The molecule has 0 amide bonds. The molecule has 0 fully saturated rings. The largest absolute Gasteiger partial charge is 0.460 e. The van der Waals surface area contributed by atoms with Crippen LogP contribution in [0.4, 0.5) is 0 Å². The molecular formula is C8H11N7O2. The number of esters is 1. The fourth-order valence-corrected chi connectivity index (χ4v) is 1.27. The first-order chi connectivity index (χ1) is 8.20. The van der Waals surface area contributed by atoms with Crippen LogP contribution in [0.3, 0.4) is 0 Å². The molecule has 0 aliphatic heterocycles. The zero-order valence-corrected chi connectivity index (χ0v) is 9.44. The topological polar surface area (TPSA) is 101 Å². The normalized spacial score (nSPS) is 10.5. The van der Waals surface area contributed by atoms with E-state index in [1.807, 2.05) is 0 Å². The Morgan fingerprint density at radius 3 is 2.88 bits per heavy atom. The van der Waals surface area contributed by atoms with Crippen molar-refractivity contribution in [2.75, 3.05) is 6.61 Å². The molecule has 0 aliphatic rings. The minimum Gasteiger partial charge on any atom is -0.460 e. The van der Waals surface area contributed by atoms with E-state index in [4.69, 9.17) is 4.74 Å². The maximum Gasteiger partial charge on any atom is 0.378 e. The lowest BCUT2D eigenvalue weighted by Gasteiger charge is -2.01. The van der Waals surface area contributed by atoms with Crippen LogP contribution in [0, 0.1) is 0 Å². The summed E-state index contributed by atoms with van der Waals surface area (Å²) in [5, 5.41) is 18.4. The van der Waals surface area contributed by atoms with Gasteiger partial charge in [0.1, 0.15) is 5.69 Å². The van der Waals surface area contributed by atoms with Gasteiger partial charge in [0, 0.05) is 7.05 Å². The molecule has 0 aliphatic carbocycles. The SMILES string of the molecule is CCOC(=O)c1nnnn1Cc1cn(C)nn1. The average molecular weight is 237 g/mol. The molecule has 0 bridgehead atoms. The minimum atomic E-state index is -0.554. The van der Waals surface area contributed by atoms with E-state index in [1.54, 1.807) is 24.9 Å². The maximum atomic E-state index is 11.5. The molecule has 0 atom stereocenters. The summed E-state index contributed by atoms with van der Waals surface area (Å²) in [5.41, 5.74) is 0.658. The lowest BCUT2D eigenvalue weighted by Crippen LogP contribution is -2.15. The van der Waals surface area contributed by atoms with Gasteiger partial charge in [-0.3, -0.25) is 4.68 Å². The molecule has 9 heteroatoms. The van der Waals surface area contributed by atoms with Crippen molar-refractivity contribution in [3.63, 3.8) is 0 Å². The monoisotopic (exact) mass is 237 g/mol. The van der Waals surface area contributed by atoms with Gasteiger partial charge in [-0.25, -0.2) is 9.48 Å². The Morgan fingerprint density at radius 2 is 2.24 bits per heavy atom. The van der Waals surface area contributed by atoms with Crippen molar-refractivity contribution in [1.29, 1.82) is 0 Å². The lowest BCUT2D eigenvalue weighted by atomic mass is 10.4. The molecule has 17 heavy (non-hydrogen) atoms. The second-order valence-corrected chi connectivity index (χ2v) is 3.26. The van der Waals surface area contributed by atoms with Crippen LogP contribution >= 0.6 is 0 Å². The van der Waals surface area contributed by atoms with E-state index in [1.165, 1.54) is 4.68 Å². The molecule has 2 aromatic rings. The van der Waals surface area contributed by atoms with Crippen molar-refractivity contribution >= 4 is 5.97 Å². The third-order valence-corrected chi connectivity index (χ3v) is 1.95. The Kier molecular flexibility index (Phi) is 3.08. The fraction of sp³-hybridized carbons (Fsp3) is 0.500. The number of ether oxygens (including phenoxy) is 1. The second-order valence-electron chi connectivity index (χ2n) is 3.26. The van der Waals surface area contributed by atoms with Crippen LogP contribution in [0.15, 0.2) is 6.20 Å². The molecule has 9 nitrogen and oxygen atoms in total. The van der Waals surface area contributed by atoms with Gasteiger partial charge in [0.05, 0.1) is 19.3 Å². The Labute approximate surface area is 96.4 Å². The van der Waals surface area contributed by atoms with Crippen LogP contribution in [-0.4, -0.2) is 47.8 Å². The van der Waals surface area contributed by atoms with Crippen molar-refractivity contribution in [1.82, 2.24) is 35.2 Å². The Balaban J connectivity index is 2.16. The summed E-state index contributed by atoms with van der Waals surface area (Å²) in [6.07, 6.45) is 1.72. The van der Waals surface area contributed by atoms with Gasteiger partial charge < -0.3 is 4.74 Å². The summed E-state index contributed by atoms with van der Waals surface area (Å²) in [5.74, 6) is -0.501. The zero-order valence-electron chi connectivity index (χ0n) is 9.44. The number of aryl methyl sites for hydroxylation is 1. The molecular weight excluding hydrogens is 226 g/mol. The maximum absolute atomic E-state index is 11.5. The molecule has 2 heterocycles. The predicted octanol–water partition coefficient (Wildman–Crippen LogP) is -0.973. The molecule has 90 valence electrons. The van der Waals surface area contributed by atoms with E-state index in [9.17, 15) is 4.79 Å². The molecule has 0 spiro atoms. The average Bonchev–Trinajstić information content (AvgIpc) is 2.89. The van der Waals surface area contributed by atoms with E-state index >= 15 is 0 Å². The van der Waals surface area contributed by atoms with Crippen LogP contribution < -0.4 is 0 Å². The number of tetrazole rings is 1. The van der Waals surface area contributed by atoms with Crippen molar-refractivity contribution in [3.8, 4) is 0 Å². The molecule has 0 unspecified atom stereocenters. The summed E-state index contributed by atoms with van der Waals surface area (Å²) in [4.78, 5) is 11.5. The second kappa shape index (κ2) is 4.68. The van der Waals surface area contributed by atoms with E-state index in [-0.39, 0.29) is 19.0 Å². The highest BCUT2D eigenvalue weighted by Gasteiger charge is 2.17. The van der Waals surface area contributed by atoms with Crippen LogP contribution in [0.2, 0.25) is 0 Å². The van der Waals surface area contributed by atoms with Gasteiger partial charge in [0.25, 0.3) is 5.82 Å². The molecule has 0 radical (unpaired) electrons. The van der Waals surface area contributed by atoms with Gasteiger partial charge in [-0.15, -0.1) is 10.2 Å². The van der Waals surface area contributed by atoms with Gasteiger partial charge >= 0.3 is 5.97 Å². The van der Waals surface area contributed by atoms with E-state index < -0.39 is 5.97 Å². The van der Waals surface area contributed by atoms with Crippen LogP contribution in [0.1, 0.15) is 23.2 Å². The molecule has 0 aromatic carbocycles. The first-order valence-corrected chi connectivity index (χ1v) is 4.99. The molecule has 2 aromatic heterocycles. The van der Waals surface area contributed by atoms with Crippen molar-refractivity contribution in [2.45, 2.75) is 13.5 Å². The van der Waals surface area contributed by atoms with Crippen LogP contribution in [0.5, 0.6) is 0 Å². The molecule has 0 N–H and O–H groups in total. The quantitative estimate of drug-likeness (QED) is 0.630. The number of aromatic nitrogens is 7. The number of carbonyl (C=O) groups excluding carboxylic acids is 1. The number of nitrogens with zero attached hydrogens (tertiary/aromatic N) is 7. The lowest BCUT2D eigenvalue weighted by molar-refractivity contribution is 0.0505. The van der Waals surface area contributed by atoms with E-state index in [2.05, 4.69) is 25.8 Å². The summed E-state index contributed by atoms with van der Waals surface area (Å²) in [6, 6.07) is 0. The Hall–Kier alpha value is -2.32. The standard InChI is InChI=1S/C8H11N7O2/c1-3-17-8(16)7-10-11-13-15(7)5-6-4-14(2)12-9-6/h4H,3,5H2,1-2H3. The Bertz CT molecular complexity index is 517. The van der Waals surface area contributed by atoms with Gasteiger partial charge in [0.15, 0.2) is 0 Å². The third kappa shape index (κ3) is 2.44. The van der Waals surface area contributed by atoms with Gasteiger partial charge in [0.2, 0.25) is 0 Å². The zero-order chi connectivity index (χ0) is 12.3. The van der Waals surface area contributed by atoms with Gasteiger partial charge in [-0.1, -0.05) is 5.21 Å². The van der Waals surface area contributed by atoms with E-state index in [0.29, 0.717) is 5.69 Å². The van der Waals surface area contributed by atoms with Crippen LogP contribution in [-0.2, 0) is 18.3 Å². The first-order valence-electron chi connectivity index (χ1n) is 4.99. The number of carbonyl (C=O) groups is 1. The first kappa shape index (κ1) is 11.2. The third-order valence-electron chi connectivity index (χ3n) is 1.95. The minimum absolute atomic E-state index is 0.0532.